The number of anilines is 1. The summed E-state index contributed by atoms with van der Waals surface area (Å²) in [6, 6.07) is 13.8. The van der Waals surface area contributed by atoms with Crippen molar-refractivity contribution in [2.24, 2.45) is 5.92 Å². The Morgan fingerprint density at radius 1 is 1.08 bits per heavy atom. The standard InChI is InChI=1S/C21H22N2O2/c1-13(2)20(24)22-17-9-7-16(8-10-17)21-23-19(12-25-21)18-11-14(3)5-6-15(18)4/h5-13H,1-4H3,(H,22,24). The van der Waals surface area contributed by atoms with Crippen LogP contribution in [0.25, 0.3) is 22.7 Å². The van der Waals surface area contributed by atoms with Crippen LogP contribution in [0.2, 0.25) is 0 Å². The third kappa shape index (κ3) is 3.79. The number of amides is 1. The molecular weight excluding hydrogens is 312 g/mol. The van der Waals surface area contributed by atoms with Crippen LogP contribution < -0.4 is 5.32 Å². The highest BCUT2D eigenvalue weighted by Gasteiger charge is 2.11. The monoisotopic (exact) mass is 334 g/mol. The number of nitrogens with zero attached hydrogens (tertiary/aromatic N) is 1. The van der Waals surface area contributed by atoms with Crippen molar-refractivity contribution in [2.45, 2.75) is 27.7 Å². The van der Waals surface area contributed by atoms with Crippen molar-refractivity contribution in [3.8, 4) is 22.7 Å². The molecule has 4 heteroatoms. The maximum absolute atomic E-state index is 11.7. The van der Waals surface area contributed by atoms with Crippen molar-refractivity contribution in [1.82, 2.24) is 4.98 Å². The van der Waals surface area contributed by atoms with E-state index in [9.17, 15) is 4.79 Å². The summed E-state index contributed by atoms with van der Waals surface area (Å²) in [6.07, 6.45) is 1.69. The first-order valence-corrected chi connectivity index (χ1v) is 8.38. The zero-order valence-electron chi connectivity index (χ0n) is 15.0. The van der Waals surface area contributed by atoms with Gasteiger partial charge < -0.3 is 9.73 Å². The van der Waals surface area contributed by atoms with E-state index in [1.165, 1.54) is 5.56 Å². The Hall–Kier alpha value is -2.88. The summed E-state index contributed by atoms with van der Waals surface area (Å²) in [5, 5.41) is 2.87. The van der Waals surface area contributed by atoms with Crippen LogP contribution in [0.1, 0.15) is 25.0 Å². The van der Waals surface area contributed by atoms with E-state index in [1.54, 1.807) is 6.26 Å². The van der Waals surface area contributed by atoms with E-state index < -0.39 is 0 Å². The van der Waals surface area contributed by atoms with Gasteiger partial charge in [-0.15, -0.1) is 0 Å². The second-order valence-corrected chi connectivity index (χ2v) is 6.58. The van der Waals surface area contributed by atoms with Crippen LogP contribution in [-0.2, 0) is 4.79 Å². The highest BCUT2D eigenvalue weighted by molar-refractivity contribution is 5.92. The quantitative estimate of drug-likeness (QED) is 0.711. The third-order valence-corrected chi connectivity index (χ3v) is 4.10. The Bertz CT molecular complexity index is 893. The largest absolute Gasteiger partial charge is 0.444 e. The van der Waals surface area contributed by atoms with Crippen molar-refractivity contribution < 1.29 is 9.21 Å². The molecule has 1 amide bonds. The van der Waals surface area contributed by atoms with Crippen LogP contribution in [0.5, 0.6) is 0 Å². The molecule has 1 N–H and O–H groups in total. The summed E-state index contributed by atoms with van der Waals surface area (Å²) in [4.78, 5) is 16.4. The predicted molar refractivity (Wildman–Crippen MR) is 100 cm³/mol. The van der Waals surface area contributed by atoms with E-state index in [0.29, 0.717) is 5.89 Å². The smallest absolute Gasteiger partial charge is 0.226 e. The number of aryl methyl sites for hydroxylation is 2. The molecule has 4 nitrogen and oxygen atoms in total. The molecule has 0 saturated heterocycles. The van der Waals surface area contributed by atoms with Crippen molar-refractivity contribution in [1.29, 1.82) is 0 Å². The van der Waals surface area contributed by atoms with Gasteiger partial charge in [-0.2, -0.15) is 0 Å². The molecule has 0 aliphatic heterocycles. The normalized spacial score (nSPS) is 10.9. The van der Waals surface area contributed by atoms with Crippen LogP contribution in [0.4, 0.5) is 5.69 Å². The molecule has 0 atom stereocenters. The fraction of sp³-hybridized carbons (Fsp3) is 0.238. The van der Waals surface area contributed by atoms with Gasteiger partial charge in [0.25, 0.3) is 0 Å². The summed E-state index contributed by atoms with van der Waals surface area (Å²) < 4.78 is 5.66. The molecule has 0 bridgehead atoms. The lowest BCUT2D eigenvalue weighted by Gasteiger charge is -2.07. The number of nitrogens with one attached hydrogen (secondary N) is 1. The van der Waals surface area contributed by atoms with Crippen LogP contribution in [0, 0.1) is 19.8 Å². The Morgan fingerprint density at radius 3 is 2.48 bits per heavy atom. The second kappa shape index (κ2) is 6.93. The first-order valence-electron chi connectivity index (χ1n) is 8.38. The number of carbonyl (C=O) groups is 1. The van der Waals surface area contributed by atoms with Gasteiger partial charge in [-0.1, -0.05) is 31.5 Å². The van der Waals surface area contributed by atoms with Crippen LogP contribution >= 0.6 is 0 Å². The minimum absolute atomic E-state index is 0.00100. The molecule has 0 aliphatic carbocycles. The van der Waals surface area contributed by atoms with Gasteiger partial charge in [-0.25, -0.2) is 4.98 Å². The number of hydrogen-bond donors (Lipinski definition) is 1. The third-order valence-electron chi connectivity index (χ3n) is 4.10. The zero-order chi connectivity index (χ0) is 18.0. The lowest BCUT2D eigenvalue weighted by Crippen LogP contribution is -2.17. The molecule has 0 unspecified atom stereocenters. The lowest BCUT2D eigenvalue weighted by molar-refractivity contribution is -0.118. The zero-order valence-corrected chi connectivity index (χ0v) is 15.0. The van der Waals surface area contributed by atoms with Gasteiger partial charge in [0.05, 0.1) is 0 Å². The van der Waals surface area contributed by atoms with Gasteiger partial charge in [-0.3, -0.25) is 4.79 Å². The topological polar surface area (TPSA) is 55.1 Å². The molecule has 2 aromatic carbocycles. The summed E-state index contributed by atoms with van der Waals surface area (Å²) in [5.41, 5.74) is 5.90. The molecule has 25 heavy (non-hydrogen) atoms. The highest BCUT2D eigenvalue weighted by Crippen LogP contribution is 2.28. The van der Waals surface area contributed by atoms with Gasteiger partial charge in [0.15, 0.2) is 0 Å². The minimum Gasteiger partial charge on any atom is -0.444 e. The first kappa shape index (κ1) is 17.0. The molecule has 0 spiro atoms. The maximum Gasteiger partial charge on any atom is 0.226 e. The van der Waals surface area contributed by atoms with Gasteiger partial charge in [0.2, 0.25) is 11.8 Å². The van der Waals surface area contributed by atoms with Gasteiger partial charge in [0.1, 0.15) is 12.0 Å². The average Bonchev–Trinajstić information content (AvgIpc) is 3.07. The molecule has 0 fully saturated rings. The number of benzene rings is 2. The summed E-state index contributed by atoms with van der Waals surface area (Å²) in [6.45, 7) is 7.86. The molecule has 1 heterocycles. The van der Waals surface area contributed by atoms with Gasteiger partial charge in [0, 0.05) is 22.7 Å². The SMILES string of the molecule is Cc1ccc(C)c(-c2coc(-c3ccc(NC(=O)C(C)C)cc3)n2)c1. The van der Waals surface area contributed by atoms with Crippen molar-refractivity contribution in [3.63, 3.8) is 0 Å². The Kier molecular flexibility index (Phi) is 4.70. The predicted octanol–water partition coefficient (Wildman–Crippen LogP) is 5.22. The number of oxazole rings is 1. The van der Waals surface area contributed by atoms with Crippen LogP contribution in [0.3, 0.4) is 0 Å². The van der Waals surface area contributed by atoms with Gasteiger partial charge in [-0.05, 0) is 49.7 Å². The van der Waals surface area contributed by atoms with Crippen LogP contribution in [0.15, 0.2) is 53.1 Å². The van der Waals surface area contributed by atoms with Crippen LogP contribution in [-0.4, -0.2) is 10.9 Å². The number of rotatable bonds is 4. The maximum atomic E-state index is 11.7. The number of carbonyl (C=O) groups excluding carboxylic acids is 1. The van der Waals surface area contributed by atoms with E-state index in [-0.39, 0.29) is 11.8 Å². The Balaban J connectivity index is 1.83. The van der Waals surface area contributed by atoms with E-state index in [4.69, 9.17) is 4.42 Å². The summed E-state index contributed by atoms with van der Waals surface area (Å²) in [7, 11) is 0. The molecular formula is C21H22N2O2. The molecule has 3 aromatic rings. The van der Waals surface area contributed by atoms with Crippen molar-refractivity contribution >= 4 is 11.6 Å². The van der Waals surface area contributed by atoms with E-state index in [2.05, 4.69) is 42.3 Å². The fourth-order valence-electron chi connectivity index (χ4n) is 2.52. The van der Waals surface area contributed by atoms with Crippen molar-refractivity contribution in [3.05, 3.63) is 59.9 Å². The summed E-state index contributed by atoms with van der Waals surface area (Å²) >= 11 is 0. The number of aromatic nitrogens is 1. The minimum atomic E-state index is -0.0495. The van der Waals surface area contributed by atoms with Crippen molar-refractivity contribution in [2.75, 3.05) is 5.32 Å². The van der Waals surface area contributed by atoms with E-state index in [0.717, 1.165) is 28.1 Å². The Morgan fingerprint density at radius 2 is 1.80 bits per heavy atom. The Labute approximate surface area is 147 Å². The molecule has 0 aliphatic rings. The highest BCUT2D eigenvalue weighted by atomic mass is 16.3. The molecule has 3 rings (SSSR count). The fourth-order valence-corrected chi connectivity index (χ4v) is 2.52. The molecule has 1 aromatic heterocycles. The molecule has 0 radical (unpaired) electrons. The second-order valence-electron chi connectivity index (χ2n) is 6.58. The van der Waals surface area contributed by atoms with E-state index in [1.807, 2.05) is 38.1 Å². The molecule has 128 valence electrons. The first-order chi connectivity index (χ1) is 11.9. The van der Waals surface area contributed by atoms with Gasteiger partial charge >= 0.3 is 0 Å². The summed E-state index contributed by atoms with van der Waals surface area (Å²) in [5.74, 6) is 0.519. The average molecular weight is 334 g/mol. The van der Waals surface area contributed by atoms with E-state index >= 15 is 0 Å². The lowest BCUT2D eigenvalue weighted by atomic mass is 10.0. The molecule has 0 saturated carbocycles. The number of hydrogen-bond acceptors (Lipinski definition) is 3.